The topological polar surface area (TPSA) is 66.5 Å². The molecule has 5 nitrogen and oxygen atoms in total. The number of fused-ring (bicyclic) bond motifs is 2. The summed E-state index contributed by atoms with van der Waals surface area (Å²) in [7, 11) is 0. The second kappa shape index (κ2) is 6.95. The zero-order valence-corrected chi connectivity index (χ0v) is 17.3. The van der Waals surface area contributed by atoms with Crippen LogP contribution in [0.2, 0.25) is 0 Å². The van der Waals surface area contributed by atoms with Crippen LogP contribution in [-0.4, -0.2) is 20.2 Å². The highest BCUT2D eigenvalue weighted by Gasteiger charge is 2.21. The Morgan fingerprint density at radius 1 is 0.733 bits per heavy atom. The van der Waals surface area contributed by atoms with E-state index >= 15 is 0 Å². The second-order valence-electron chi connectivity index (χ2n) is 8.45. The monoisotopic (exact) mass is 393 g/mol. The molecule has 5 aromatic rings. The minimum Gasteiger partial charge on any atom is -0.322 e. The predicted octanol–water partition coefficient (Wildman–Crippen LogP) is 6.21. The van der Waals surface area contributed by atoms with Gasteiger partial charge in [0, 0.05) is 16.3 Å². The predicted molar refractivity (Wildman–Crippen MR) is 123 cm³/mol. The molecule has 0 saturated carbocycles. The Morgan fingerprint density at radius 3 is 2.27 bits per heavy atom. The molecule has 30 heavy (non-hydrogen) atoms. The molecule has 148 valence electrons. The number of anilines is 2. The number of nitrogens with zero attached hydrogens (tertiary/aromatic N) is 3. The minimum absolute atomic E-state index is 0.0163. The minimum atomic E-state index is -0.0163. The van der Waals surface area contributed by atoms with Gasteiger partial charge in [-0.15, -0.1) is 0 Å². The van der Waals surface area contributed by atoms with E-state index in [9.17, 15) is 0 Å². The highest BCUT2D eigenvalue weighted by molar-refractivity contribution is 5.96. The van der Waals surface area contributed by atoms with E-state index in [2.05, 4.69) is 54.5 Å². The van der Waals surface area contributed by atoms with Gasteiger partial charge in [0.1, 0.15) is 5.82 Å². The molecular weight excluding hydrogens is 370 g/mol. The average Bonchev–Trinajstić information content (AvgIpc) is 3.16. The SMILES string of the molecule is CC(C)(C)c1ccccc1-c1nc(Nc2n[nH]c3ccccc23)c2ccccc2n1. The number of hydrogen-bond acceptors (Lipinski definition) is 4. The van der Waals surface area contributed by atoms with Gasteiger partial charge in [-0.2, -0.15) is 5.10 Å². The molecule has 0 atom stereocenters. The lowest BCUT2D eigenvalue weighted by atomic mass is 9.83. The number of aromatic amines is 1. The first kappa shape index (κ1) is 18.3. The number of nitrogens with one attached hydrogen (secondary N) is 2. The normalized spacial score (nSPS) is 11.8. The third-order valence-corrected chi connectivity index (χ3v) is 5.29. The van der Waals surface area contributed by atoms with Crippen molar-refractivity contribution in [2.45, 2.75) is 26.2 Å². The summed E-state index contributed by atoms with van der Waals surface area (Å²) in [6, 6.07) is 24.5. The van der Waals surface area contributed by atoms with Crippen LogP contribution >= 0.6 is 0 Å². The molecule has 5 rings (SSSR count). The molecule has 3 aromatic carbocycles. The highest BCUT2D eigenvalue weighted by Crippen LogP contribution is 2.34. The summed E-state index contributed by atoms with van der Waals surface area (Å²) in [6.45, 7) is 6.63. The number of para-hydroxylation sites is 2. The van der Waals surface area contributed by atoms with Crippen molar-refractivity contribution in [3.63, 3.8) is 0 Å². The molecule has 0 saturated heterocycles. The van der Waals surface area contributed by atoms with E-state index in [1.165, 1.54) is 5.56 Å². The molecule has 2 aromatic heterocycles. The van der Waals surface area contributed by atoms with Crippen molar-refractivity contribution >= 4 is 33.4 Å². The lowest BCUT2D eigenvalue weighted by Gasteiger charge is -2.22. The fraction of sp³-hybridized carbons (Fsp3) is 0.160. The zero-order valence-electron chi connectivity index (χ0n) is 17.3. The Bertz CT molecular complexity index is 1360. The first-order valence-corrected chi connectivity index (χ1v) is 10.1. The van der Waals surface area contributed by atoms with Crippen molar-refractivity contribution in [1.82, 2.24) is 20.2 Å². The molecule has 0 aliphatic carbocycles. The first-order valence-electron chi connectivity index (χ1n) is 10.1. The first-order chi connectivity index (χ1) is 14.5. The van der Waals surface area contributed by atoms with Crippen molar-refractivity contribution in [2.24, 2.45) is 0 Å². The highest BCUT2D eigenvalue weighted by atomic mass is 15.2. The van der Waals surface area contributed by atoms with Gasteiger partial charge >= 0.3 is 0 Å². The number of benzene rings is 3. The molecule has 2 N–H and O–H groups in total. The lowest BCUT2D eigenvalue weighted by molar-refractivity contribution is 0.591. The molecule has 0 fully saturated rings. The number of aromatic nitrogens is 4. The molecule has 0 spiro atoms. The fourth-order valence-electron chi connectivity index (χ4n) is 3.80. The molecule has 0 bridgehead atoms. The summed E-state index contributed by atoms with van der Waals surface area (Å²) < 4.78 is 0. The van der Waals surface area contributed by atoms with Gasteiger partial charge in [0.25, 0.3) is 0 Å². The number of H-pyrrole nitrogens is 1. The van der Waals surface area contributed by atoms with Crippen LogP contribution in [-0.2, 0) is 5.41 Å². The van der Waals surface area contributed by atoms with Crippen LogP contribution in [0.15, 0.2) is 72.8 Å². The van der Waals surface area contributed by atoms with Crippen molar-refractivity contribution < 1.29 is 0 Å². The standard InChI is InChI=1S/C25H23N5/c1-25(2,3)19-13-7-4-10-16(19)22-26-20-14-8-5-11-17(20)23(27-22)28-24-18-12-6-9-15-21(18)29-30-24/h4-15H,1-3H3,(H2,26,27,28,29,30). The van der Waals surface area contributed by atoms with E-state index in [0.29, 0.717) is 5.82 Å². The van der Waals surface area contributed by atoms with Gasteiger partial charge in [-0.05, 0) is 35.2 Å². The summed E-state index contributed by atoms with van der Waals surface area (Å²) in [6.07, 6.45) is 0. The zero-order chi connectivity index (χ0) is 20.7. The maximum Gasteiger partial charge on any atom is 0.162 e. The lowest BCUT2D eigenvalue weighted by Crippen LogP contribution is -2.13. The van der Waals surface area contributed by atoms with Crippen molar-refractivity contribution in [1.29, 1.82) is 0 Å². The maximum absolute atomic E-state index is 4.95. The Balaban J connectivity index is 1.70. The molecule has 2 heterocycles. The summed E-state index contributed by atoms with van der Waals surface area (Å²) in [5, 5.41) is 13.0. The Kier molecular flexibility index (Phi) is 4.24. The van der Waals surface area contributed by atoms with Crippen molar-refractivity contribution in [3.05, 3.63) is 78.4 Å². The van der Waals surface area contributed by atoms with Crippen LogP contribution in [0.5, 0.6) is 0 Å². The molecule has 0 aliphatic rings. The number of rotatable bonds is 3. The van der Waals surface area contributed by atoms with E-state index in [0.717, 1.165) is 39.0 Å². The van der Waals surface area contributed by atoms with E-state index in [4.69, 9.17) is 9.97 Å². The maximum atomic E-state index is 4.95. The number of hydrogen-bond donors (Lipinski definition) is 2. The fourth-order valence-corrected chi connectivity index (χ4v) is 3.80. The van der Waals surface area contributed by atoms with Crippen LogP contribution in [0.25, 0.3) is 33.2 Å². The summed E-state index contributed by atoms with van der Waals surface area (Å²) in [5.41, 5.74) is 4.13. The second-order valence-corrected chi connectivity index (χ2v) is 8.45. The molecule has 0 radical (unpaired) electrons. The smallest absolute Gasteiger partial charge is 0.162 e. The Morgan fingerprint density at radius 2 is 1.43 bits per heavy atom. The van der Waals surface area contributed by atoms with Gasteiger partial charge in [-0.3, -0.25) is 5.10 Å². The van der Waals surface area contributed by atoms with Crippen LogP contribution in [0.1, 0.15) is 26.3 Å². The van der Waals surface area contributed by atoms with E-state index in [-0.39, 0.29) is 5.41 Å². The molecular formula is C25H23N5. The molecule has 0 unspecified atom stereocenters. The Hall–Kier alpha value is -3.73. The van der Waals surface area contributed by atoms with Crippen molar-refractivity contribution in [3.8, 4) is 11.4 Å². The van der Waals surface area contributed by atoms with Gasteiger partial charge in [0.15, 0.2) is 11.6 Å². The van der Waals surface area contributed by atoms with Gasteiger partial charge in [-0.1, -0.05) is 69.3 Å². The Labute approximate surface area is 175 Å². The van der Waals surface area contributed by atoms with E-state index in [1.807, 2.05) is 54.6 Å². The summed E-state index contributed by atoms with van der Waals surface area (Å²) in [5.74, 6) is 2.21. The quantitative estimate of drug-likeness (QED) is 0.382. The van der Waals surface area contributed by atoms with Crippen molar-refractivity contribution in [2.75, 3.05) is 5.32 Å². The van der Waals surface area contributed by atoms with Crippen LogP contribution in [0.3, 0.4) is 0 Å². The van der Waals surface area contributed by atoms with E-state index in [1.54, 1.807) is 0 Å². The molecule has 0 amide bonds. The van der Waals surface area contributed by atoms with Gasteiger partial charge in [-0.25, -0.2) is 9.97 Å². The largest absolute Gasteiger partial charge is 0.322 e. The van der Waals surface area contributed by atoms with E-state index < -0.39 is 0 Å². The van der Waals surface area contributed by atoms with Gasteiger partial charge < -0.3 is 5.32 Å². The molecule has 5 heteroatoms. The summed E-state index contributed by atoms with van der Waals surface area (Å²) in [4.78, 5) is 9.84. The average molecular weight is 393 g/mol. The third-order valence-electron chi connectivity index (χ3n) is 5.29. The van der Waals surface area contributed by atoms with Gasteiger partial charge in [0.05, 0.1) is 11.0 Å². The van der Waals surface area contributed by atoms with Crippen LogP contribution in [0.4, 0.5) is 11.6 Å². The van der Waals surface area contributed by atoms with Crippen LogP contribution in [0, 0.1) is 0 Å². The molecule has 0 aliphatic heterocycles. The van der Waals surface area contributed by atoms with Gasteiger partial charge in [0.2, 0.25) is 0 Å². The van der Waals surface area contributed by atoms with Crippen LogP contribution < -0.4 is 5.32 Å². The third kappa shape index (κ3) is 3.18. The summed E-state index contributed by atoms with van der Waals surface area (Å²) >= 11 is 0.